The highest BCUT2D eigenvalue weighted by Crippen LogP contribution is 2.41. The Morgan fingerprint density at radius 1 is 1.14 bits per heavy atom. The van der Waals surface area contributed by atoms with Crippen LogP contribution in [0.5, 0.6) is 5.75 Å². The van der Waals surface area contributed by atoms with Gasteiger partial charge in [-0.25, -0.2) is 4.39 Å². The monoisotopic (exact) mass is 286 g/mol. The third-order valence-corrected chi connectivity index (χ3v) is 3.70. The van der Waals surface area contributed by atoms with E-state index in [0.717, 1.165) is 5.56 Å². The van der Waals surface area contributed by atoms with Crippen molar-refractivity contribution in [2.45, 2.75) is 12.1 Å². The molecule has 4 nitrogen and oxygen atoms in total. The minimum atomic E-state index is -0.619. The quantitative estimate of drug-likeness (QED) is 0.880. The summed E-state index contributed by atoms with van der Waals surface area (Å²) >= 11 is 0. The molecule has 0 unspecified atom stereocenters. The van der Waals surface area contributed by atoms with Gasteiger partial charge >= 0.3 is 0 Å². The lowest BCUT2D eigenvalue weighted by atomic mass is 9.88. The van der Waals surface area contributed by atoms with E-state index < -0.39 is 6.04 Å². The number of hydrogen-bond donors (Lipinski definition) is 1. The average molecular weight is 286 g/mol. The number of halogens is 1. The number of nitrogens with two attached hydrogens (primary N) is 1. The van der Waals surface area contributed by atoms with Gasteiger partial charge in [0.2, 0.25) is 5.91 Å². The summed E-state index contributed by atoms with van der Waals surface area (Å²) in [5, 5.41) is 0. The molecule has 5 heteroatoms. The molecule has 1 saturated heterocycles. The smallest absolute Gasteiger partial charge is 0.247 e. The largest absolute Gasteiger partial charge is 0.496 e. The summed E-state index contributed by atoms with van der Waals surface area (Å²) in [5.74, 6) is 0.153. The fourth-order valence-electron chi connectivity index (χ4n) is 2.64. The van der Waals surface area contributed by atoms with Crippen molar-refractivity contribution in [1.29, 1.82) is 0 Å². The van der Waals surface area contributed by atoms with Crippen LogP contribution in [-0.4, -0.2) is 19.1 Å². The van der Waals surface area contributed by atoms with Gasteiger partial charge in [-0.05, 0) is 30.3 Å². The van der Waals surface area contributed by atoms with Crippen LogP contribution in [0.25, 0.3) is 0 Å². The summed E-state index contributed by atoms with van der Waals surface area (Å²) in [5.41, 5.74) is 7.43. The molecule has 108 valence electrons. The number of methoxy groups -OCH3 is 1. The van der Waals surface area contributed by atoms with Crippen molar-refractivity contribution in [3.63, 3.8) is 0 Å². The third-order valence-electron chi connectivity index (χ3n) is 3.70. The zero-order valence-corrected chi connectivity index (χ0v) is 11.5. The molecule has 2 aromatic carbocycles. The second-order valence-corrected chi connectivity index (χ2v) is 4.90. The van der Waals surface area contributed by atoms with Crippen LogP contribution in [0.4, 0.5) is 10.1 Å². The molecule has 0 bridgehead atoms. The van der Waals surface area contributed by atoms with E-state index in [-0.39, 0.29) is 17.8 Å². The van der Waals surface area contributed by atoms with Gasteiger partial charge in [0.05, 0.1) is 13.2 Å². The molecule has 1 fully saturated rings. The predicted molar refractivity (Wildman–Crippen MR) is 77.6 cm³/mol. The van der Waals surface area contributed by atoms with E-state index in [0.29, 0.717) is 11.4 Å². The molecule has 2 N–H and O–H groups in total. The molecular formula is C16H15FN2O2. The van der Waals surface area contributed by atoms with E-state index in [1.165, 1.54) is 12.1 Å². The van der Waals surface area contributed by atoms with Crippen molar-refractivity contribution in [1.82, 2.24) is 0 Å². The SMILES string of the molecule is COc1ccccc1[C@@H]1[C@H](N)C(=O)N1c1ccc(F)cc1. The molecule has 1 heterocycles. The predicted octanol–water partition coefficient (Wildman–Crippen LogP) is 2.25. The van der Waals surface area contributed by atoms with Crippen LogP contribution in [-0.2, 0) is 4.79 Å². The lowest BCUT2D eigenvalue weighted by molar-refractivity contribution is -0.126. The van der Waals surface area contributed by atoms with Crippen LogP contribution in [0.3, 0.4) is 0 Å². The number of benzene rings is 2. The first kappa shape index (κ1) is 13.6. The van der Waals surface area contributed by atoms with Crippen LogP contribution >= 0.6 is 0 Å². The second kappa shape index (κ2) is 5.18. The summed E-state index contributed by atoms with van der Waals surface area (Å²) in [7, 11) is 1.58. The van der Waals surface area contributed by atoms with Gasteiger partial charge in [-0.1, -0.05) is 18.2 Å². The van der Waals surface area contributed by atoms with E-state index in [1.54, 1.807) is 24.1 Å². The summed E-state index contributed by atoms with van der Waals surface area (Å²) < 4.78 is 18.4. The highest BCUT2D eigenvalue weighted by molar-refractivity contribution is 6.05. The van der Waals surface area contributed by atoms with E-state index >= 15 is 0 Å². The first-order chi connectivity index (χ1) is 10.1. The van der Waals surface area contributed by atoms with E-state index in [2.05, 4.69) is 0 Å². The van der Waals surface area contributed by atoms with Gasteiger partial charge in [0.15, 0.2) is 0 Å². The van der Waals surface area contributed by atoms with Gasteiger partial charge in [0.25, 0.3) is 0 Å². The minimum Gasteiger partial charge on any atom is -0.496 e. The van der Waals surface area contributed by atoms with Crippen LogP contribution in [0.1, 0.15) is 11.6 Å². The normalized spacial score (nSPS) is 21.1. The maximum absolute atomic E-state index is 13.0. The van der Waals surface area contributed by atoms with Crippen molar-refractivity contribution >= 4 is 11.6 Å². The summed E-state index contributed by atoms with van der Waals surface area (Å²) in [6.07, 6.45) is 0. The molecule has 3 rings (SSSR count). The molecular weight excluding hydrogens is 271 g/mol. The molecule has 0 aromatic heterocycles. The number of ether oxygens (including phenoxy) is 1. The maximum atomic E-state index is 13.0. The summed E-state index contributed by atoms with van der Waals surface area (Å²) in [4.78, 5) is 13.7. The number of carbonyl (C=O) groups excluding carboxylic acids is 1. The molecule has 0 radical (unpaired) electrons. The van der Waals surface area contributed by atoms with Crippen molar-refractivity contribution in [3.8, 4) is 5.75 Å². The zero-order chi connectivity index (χ0) is 15.0. The van der Waals surface area contributed by atoms with E-state index in [1.807, 2.05) is 24.3 Å². The van der Waals surface area contributed by atoms with Gasteiger partial charge < -0.3 is 15.4 Å². The zero-order valence-electron chi connectivity index (χ0n) is 11.5. The number of carbonyl (C=O) groups is 1. The highest BCUT2D eigenvalue weighted by Gasteiger charge is 2.47. The topological polar surface area (TPSA) is 55.6 Å². The van der Waals surface area contributed by atoms with Gasteiger partial charge in [-0.3, -0.25) is 4.79 Å². The molecule has 1 amide bonds. The van der Waals surface area contributed by atoms with Crippen LogP contribution in [0.2, 0.25) is 0 Å². The number of amides is 1. The number of anilines is 1. The number of β-lactam (4-membered cyclic amide) rings is 1. The lowest BCUT2D eigenvalue weighted by Crippen LogP contribution is -2.63. The molecule has 1 aliphatic heterocycles. The Morgan fingerprint density at radius 2 is 1.81 bits per heavy atom. The highest BCUT2D eigenvalue weighted by atomic mass is 19.1. The molecule has 1 aliphatic rings. The van der Waals surface area contributed by atoms with Crippen molar-refractivity contribution in [2.24, 2.45) is 5.73 Å². The Morgan fingerprint density at radius 3 is 2.48 bits per heavy atom. The minimum absolute atomic E-state index is 0.183. The van der Waals surface area contributed by atoms with Crippen LogP contribution < -0.4 is 15.4 Å². The van der Waals surface area contributed by atoms with Gasteiger partial charge in [-0.15, -0.1) is 0 Å². The maximum Gasteiger partial charge on any atom is 0.247 e. The van der Waals surface area contributed by atoms with Crippen molar-refractivity contribution in [2.75, 3.05) is 12.0 Å². The molecule has 0 aliphatic carbocycles. The molecule has 21 heavy (non-hydrogen) atoms. The lowest BCUT2D eigenvalue weighted by Gasteiger charge is -2.45. The Bertz CT molecular complexity index is 672. The average Bonchev–Trinajstić information content (AvgIpc) is 2.53. The van der Waals surface area contributed by atoms with Gasteiger partial charge in [0.1, 0.15) is 17.6 Å². The summed E-state index contributed by atoms with van der Waals surface area (Å²) in [6.45, 7) is 0. The second-order valence-electron chi connectivity index (χ2n) is 4.90. The molecule has 2 atom stereocenters. The van der Waals surface area contributed by atoms with Crippen molar-refractivity contribution in [3.05, 3.63) is 59.9 Å². The Hall–Kier alpha value is -2.40. The number of nitrogens with zero attached hydrogens (tertiary/aromatic N) is 1. The van der Waals surface area contributed by atoms with Gasteiger partial charge in [0, 0.05) is 11.3 Å². The third kappa shape index (κ3) is 2.15. The number of hydrogen-bond acceptors (Lipinski definition) is 3. The van der Waals surface area contributed by atoms with Crippen LogP contribution in [0, 0.1) is 5.82 Å². The van der Waals surface area contributed by atoms with Crippen LogP contribution in [0.15, 0.2) is 48.5 Å². The van der Waals surface area contributed by atoms with E-state index in [4.69, 9.17) is 10.5 Å². The first-order valence-electron chi connectivity index (χ1n) is 6.60. The standard InChI is InChI=1S/C16H15FN2O2/c1-21-13-5-3-2-4-12(13)15-14(18)16(20)19(15)11-8-6-10(17)7-9-11/h2-9,14-15H,18H2,1H3/t14-,15+/m0/s1. The first-order valence-corrected chi connectivity index (χ1v) is 6.60. The number of para-hydroxylation sites is 1. The Balaban J connectivity index is 2.00. The number of rotatable bonds is 3. The molecule has 0 spiro atoms. The Kier molecular flexibility index (Phi) is 3.35. The van der Waals surface area contributed by atoms with E-state index in [9.17, 15) is 9.18 Å². The van der Waals surface area contributed by atoms with Gasteiger partial charge in [-0.2, -0.15) is 0 Å². The molecule has 0 saturated carbocycles. The fraction of sp³-hybridized carbons (Fsp3) is 0.188. The summed E-state index contributed by atoms with van der Waals surface area (Å²) in [6, 6.07) is 12.3. The Labute approximate surface area is 121 Å². The fourth-order valence-corrected chi connectivity index (χ4v) is 2.64. The van der Waals surface area contributed by atoms with Crippen molar-refractivity contribution < 1.29 is 13.9 Å². The molecule has 2 aromatic rings.